The van der Waals surface area contributed by atoms with Crippen molar-refractivity contribution in [1.82, 2.24) is 19.9 Å². The minimum absolute atomic E-state index is 0.483. The van der Waals surface area contributed by atoms with Gasteiger partial charge >= 0.3 is 0 Å². The van der Waals surface area contributed by atoms with Crippen molar-refractivity contribution in [2.75, 3.05) is 6.54 Å². The highest BCUT2D eigenvalue weighted by molar-refractivity contribution is 7.07. The van der Waals surface area contributed by atoms with Crippen LogP contribution in [-0.2, 0) is 13.0 Å². The minimum Gasteiger partial charge on any atom is -0.333 e. The molecule has 1 aliphatic rings. The molecule has 0 radical (unpaired) electrons. The first-order chi connectivity index (χ1) is 8.93. The summed E-state index contributed by atoms with van der Waals surface area (Å²) >= 11 is 1.66. The third-order valence-electron chi connectivity index (χ3n) is 3.50. The second-order valence-corrected chi connectivity index (χ2v) is 5.46. The van der Waals surface area contributed by atoms with Crippen molar-refractivity contribution in [2.45, 2.75) is 38.3 Å². The molecular formula is C13H18N4S. The van der Waals surface area contributed by atoms with Gasteiger partial charge in [-0.1, -0.05) is 6.42 Å². The van der Waals surface area contributed by atoms with Crippen LogP contribution in [0.1, 0.15) is 36.7 Å². The summed E-state index contributed by atoms with van der Waals surface area (Å²) in [6.07, 6.45) is 8.77. The Morgan fingerprint density at radius 3 is 3.22 bits per heavy atom. The van der Waals surface area contributed by atoms with Gasteiger partial charge in [-0.2, -0.15) is 0 Å². The predicted octanol–water partition coefficient (Wildman–Crippen LogP) is 2.40. The molecule has 1 saturated heterocycles. The lowest BCUT2D eigenvalue weighted by Crippen LogP contribution is -2.28. The lowest BCUT2D eigenvalue weighted by atomic mass is 10.0. The third-order valence-corrected chi connectivity index (χ3v) is 4.14. The second kappa shape index (κ2) is 5.63. The number of nitrogens with zero attached hydrogens (tertiary/aromatic N) is 3. The zero-order valence-corrected chi connectivity index (χ0v) is 11.2. The number of nitrogens with one attached hydrogen (secondary N) is 1. The second-order valence-electron chi connectivity index (χ2n) is 4.74. The van der Waals surface area contributed by atoms with Gasteiger partial charge in [-0.3, -0.25) is 0 Å². The molecule has 5 heteroatoms. The molecule has 4 nitrogen and oxygen atoms in total. The van der Waals surface area contributed by atoms with Crippen molar-refractivity contribution in [3.8, 4) is 0 Å². The topological polar surface area (TPSA) is 42.7 Å². The summed E-state index contributed by atoms with van der Waals surface area (Å²) in [6.45, 7) is 2.10. The Morgan fingerprint density at radius 1 is 1.44 bits per heavy atom. The Morgan fingerprint density at radius 2 is 2.44 bits per heavy atom. The quantitative estimate of drug-likeness (QED) is 0.920. The molecule has 3 rings (SSSR count). The number of rotatable bonds is 4. The maximum atomic E-state index is 4.33. The molecule has 1 unspecified atom stereocenters. The van der Waals surface area contributed by atoms with Gasteiger partial charge in [0, 0.05) is 30.6 Å². The van der Waals surface area contributed by atoms with Crippen LogP contribution in [0.25, 0.3) is 0 Å². The van der Waals surface area contributed by atoms with E-state index in [1.165, 1.54) is 30.7 Å². The van der Waals surface area contributed by atoms with Gasteiger partial charge in [0.15, 0.2) is 0 Å². The fourth-order valence-electron chi connectivity index (χ4n) is 2.51. The fraction of sp³-hybridized carbons (Fsp3) is 0.538. The molecule has 18 heavy (non-hydrogen) atoms. The van der Waals surface area contributed by atoms with Gasteiger partial charge in [0.2, 0.25) is 0 Å². The van der Waals surface area contributed by atoms with Gasteiger partial charge in [-0.05, 0) is 19.4 Å². The summed E-state index contributed by atoms with van der Waals surface area (Å²) in [6, 6.07) is 0.483. The molecule has 1 atom stereocenters. The molecule has 0 spiro atoms. The van der Waals surface area contributed by atoms with E-state index in [0.29, 0.717) is 6.04 Å². The largest absolute Gasteiger partial charge is 0.333 e. The van der Waals surface area contributed by atoms with Crippen LogP contribution in [0.3, 0.4) is 0 Å². The molecule has 1 N–H and O–H groups in total. The minimum atomic E-state index is 0.483. The molecule has 96 valence electrons. The fourth-order valence-corrected chi connectivity index (χ4v) is 3.10. The first-order valence-corrected chi connectivity index (χ1v) is 7.48. The van der Waals surface area contributed by atoms with Gasteiger partial charge in [-0.25, -0.2) is 9.97 Å². The van der Waals surface area contributed by atoms with Crippen LogP contribution in [0.2, 0.25) is 0 Å². The number of piperidine rings is 1. The average Bonchev–Trinajstić information content (AvgIpc) is 3.09. The molecule has 0 aromatic carbocycles. The molecule has 0 aliphatic carbocycles. The molecule has 2 aromatic rings. The van der Waals surface area contributed by atoms with E-state index in [4.69, 9.17) is 0 Å². The first kappa shape index (κ1) is 11.9. The Balaban J connectivity index is 1.67. The van der Waals surface area contributed by atoms with E-state index >= 15 is 0 Å². The maximum Gasteiger partial charge on any atom is 0.0948 e. The highest BCUT2D eigenvalue weighted by atomic mass is 32.1. The van der Waals surface area contributed by atoms with Gasteiger partial charge in [0.05, 0.1) is 23.2 Å². The summed E-state index contributed by atoms with van der Waals surface area (Å²) in [5.41, 5.74) is 4.40. The number of imidazole rings is 1. The highest BCUT2D eigenvalue weighted by Gasteiger charge is 2.18. The lowest BCUT2D eigenvalue weighted by Gasteiger charge is -2.24. The first-order valence-electron chi connectivity index (χ1n) is 6.54. The van der Waals surface area contributed by atoms with Crippen molar-refractivity contribution < 1.29 is 0 Å². The Bertz CT molecular complexity index is 471. The standard InChI is InChI=1S/C13H18N4S/c1-2-5-15-12(3-1)13-7-14-9-17(13)6-4-11-8-18-10-16-11/h7-10,12,15H,1-6H2. The SMILES string of the molecule is c1nc(CCn2cncc2C2CCCCN2)cs1. The van der Waals surface area contributed by atoms with E-state index in [-0.39, 0.29) is 0 Å². The van der Waals surface area contributed by atoms with Gasteiger partial charge in [-0.15, -0.1) is 11.3 Å². The zero-order chi connectivity index (χ0) is 12.2. The molecule has 0 saturated carbocycles. The normalized spacial score (nSPS) is 20.1. The molecule has 0 amide bonds. The Labute approximate surface area is 111 Å². The van der Waals surface area contributed by atoms with Crippen LogP contribution >= 0.6 is 11.3 Å². The Hall–Kier alpha value is -1.20. The number of hydrogen-bond acceptors (Lipinski definition) is 4. The molecule has 2 aromatic heterocycles. The summed E-state index contributed by atoms with van der Waals surface area (Å²) in [4.78, 5) is 8.63. The highest BCUT2D eigenvalue weighted by Crippen LogP contribution is 2.22. The van der Waals surface area contributed by atoms with Crippen molar-refractivity contribution in [3.63, 3.8) is 0 Å². The molecule has 0 bridgehead atoms. The van der Waals surface area contributed by atoms with Crippen LogP contribution in [-0.4, -0.2) is 21.1 Å². The smallest absolute Gasteiger partial charge is 0.0948 e. The molecule has 1 fully saturated rings. The summed E-state index contributed by atoms with van der Waals surface area (Å²) in [5, 5.41) is 5.70. The zero-order valence-electron chi connectivity index (χ0n) is 10.4. The van der Waals surface area contributed by atoms with Crippen molar-refractivity contribution in [3.05, 3.63) is 34.8 Å². The summed E-state index contributed by atoms with van der Waals surface area (Å²) in [7, 11) is 0. The van der Waals surface area contributed by atoms with E-state index in [1.54, 1.807) is 11.3 Å². The lowest BCUT2D eigenvalue weighted by molar-refractivity contribution is 0.393. The van der Waals surface area contributed by atoms with Crippen LogP contribution in [0.15, 0.2) is 23.4 Å². The van der Waals surface area contributed by atoms with E-state index in [1.807, 2.05) is 18.0 Å². The number of aromatic nitrogens is 3. The summed E-state index contributed by atoms with van der Waals surface area (Å²) < 4.78 is 2.27. The number of thiazole rings is 1. The third kappa shape index (κ3) is 2.62. The molecule has 3 heterocycles. The van der Waals surface area contributed by atoms with Gasteiger partial charge in [0.25, 0.3) is 0 Å². The van der Waals surface area contributed by atoms with Crippen LogP contribution in [0.4, 0.5) is 0 Å². The van der Waals surface area contributed by atoms with E-state index < -0.39 is 0 Å². The molecular weight excluding hydrogens is 244 g/mol. The van der Waals surface area contributed by atoms with Crippen molar-refractivity contribution in [1.29, 1.82) is 0 Å². The Kier molecular flexibility index (Phi) is 3.71. The number of hydrogen-bond donors (Lipinski definition) is 1. The van der Waals surface area contributed by atoms with Crippen LogP contribution in [0, 0.1) is 0 Å². The monoisotopic (exact) mass is 262 g/mol. The van der Waals surface area contributed by atoms with Crippen LogP contribution in [0.5, 0.6) is 0 Å². The van der Waals surface area contributed by atoms with E-state index in [9.17, 15) is 0 Å². The van der Waals surface area contributed by atoms with Crippen molar-refractivity contribution in [2.24, 2.45) is 0 Å². The average molecular weight is 262 g/mol. The molecule has 1 aliphatic heterocycles. The summed E-state index contributed by atoms with van der Waals surface area (Å²) in [5.74, 6) is 0. The van der Waals surface area contributed by atoms with Crippen LogP contribution < -0.4 is 5.32 Å². The van der Waals surface area contributed by atoms with E-state index in [0.717, 1.165) is 19.5 Å². The van der Waals surface area contributed by atoms with Gasteiger partial charge in [0.1, 0.15) is 0 Å². The van der Waals surface area contributed by atoms with Gasteiger partial charge < -0.3 is 9.88 Å². The number of aryl methyl sites for hydroxylation is 2. The maximum absolute atomic E-state index is 4.33. The van der Waals surface area contributed by atoms with Crippen molar-refractivity contribution >= 4 is 11.3 Å². The predicted molar refractivity (Wildman–Crippen MR) is 72.6 cm³/mol. The van der Waals surface area contributed by atoms with E-state index in [2.05, 4.69) is 25.2 Å².